The molecule has 3 heterocycles. The number of halogens is 1. The van der Waals surface area contributed by atoms with Crippen LogP contribution in [0.15, 0.2) is 36.5 Å². The molecule has 4 rings (SSSR count). The molecule has 136 valence electrons. The molecule has 2 unspecified atom stereocenters. The Balaban J connectivity index is 1.57. The molecule has 7 heteroatoms. The molecule has 2 atom stereocenters. The van der Waals surface area contributed by atoms with Crippen LogP contribution in [-0.4, -0.2) is 52.6 Å². The first kappa shape index (κ1) is 17.1. The van der Waals surface area contributed by atoms with Crippen molar-refractivity contribution in [2.75, 3.05) is 29.4 Å². The van der Waals surface area contributed by atoms with Crippen LogP contribution in [0.5, 0.6) is 0 Å². The van der Waals surface area contributed by atoms with Gasteiger partial charge in [-0.3, -0.25) is 4.90 Å². The second kappa shape index (κ2) is 6.76. The van der Waals surface area contributed by atoms with E-state index in [9.17, 15) is 4.79 Å². The van der Waals surface area contributed by atoms with Crippen LogP contribution in [0.4, 0.5) is 16.3 Å². The van der Waals surface area contributed by atoms with Gasteiger partial charge in [0, 0.05) is 31.5 Å². The number of aromatic nitrogens is 2. The van der Waals surface area contributed by atoms with Crippen molar-refractivity contribution in [2.45, 2.75) is 32.4 Å². The van der Waals surface area contributed by atoms with E-state index in [4.69, 9.17) is 11.6 Å². The molecule has 2 fully saturated rings. The number of amides is 2. The Bertz CT molecular complexity index is 812. The number of aryl methyl sites for hydroxylation is 1. The third-order valence-electron chi connectivity index (χ3n) is 5.39. The largest absolute Gasteiger partial charge is 0.353 e. The van der Waals surface area contributed by atoms with Gasteiger partial charge in [-0.25, -0.2) is 14.8 Å². The van der Waals surface area contributed by atoms with Crippen molar-refractivity contribution in [3.8, 4) is 0 Å². The summed E-state index contributed by atoms with van der Waals surface area (Å²) in [5.41, 5.74) is 2.24. The van der Waals surface area contributed by atoms with E-state index in [-0.39, 0.29) is 23.4 Å². The minimum Gasteiger partial charge on any atom is -0.353 e. The molecule has 1 aromatic carbocycles. The number of fused-ring (bicyclic) bond motifs is 1. The number of nitrogens with zero attached hydrogens (tertiary/aromatic N) is 5. The second-order valence-corrected chi connectivity index (χ2v) is 7.14. The van der Waals surface area contributed by atoms with Crippen molar-refractivity contribution in [3.05, 3.63) is 47.4 Å². The lowest BCUT2D eigenvalue weighted by Crippen LogP contribution is -2.53. The van der Waals surface area contributed by atoms with Crippen molar-refractivity contribution < 1.29 is 4.79 Å². The summed E-state index contributed by atoms with van der Waals surface area (Å²) in [5, 5.41) is 0.248. The zero-order valence-corrected chi connectivity index (χ0v) is 15.7. The molecule has 2 aromatic rings. The minimum atomic E-state index is 0.0899. The summed E-state index contributed by atoms with van der Waals surface area (Å²) < 4.78 is 0. The molecular formula is C19H22ClN5O. The minimum absolute atomic E-state index is 0.0899. The van der Waals surface area contributed by atoms with Gasteiger partial charge in [-0.1, -0.05) is 19.1 Å². The summed E-state index contributed by atoms with van der Waals surface area (Å²) in [6.45, 7) is 6.41. The van der Waals surface area contributed by atoms with E-state index in [1.807, 2.05) is 28.0 Å². The fourth-order valence-electron chi connectivity index (χ4n) is 3.89. The third-order valence-corrected chi connectivity index (χ3v) is 5.57. The number of urea groups is 1. The number of carbonyl (C=O) groups excluding carboxylic acids is 1. The Kier molecular flexibility index (Phi) is 4.44. The van der Waals surface area contributed by atoms with E-state index >= 15 is 0 Å². The maximum absolute atomic E-state index is 13.0. The van der Waals surface area contributed by atoms with Crippen molar-refractivity contribution in [1.29, 1.82) is 0 Å². The molecule has 2 aliphatic heterocycles. The smallest absolute Gasteiger partial charge is 0.325 e. The van der Waals surface area contributed by atoms with Crippen LogP contribution < -0.4 is 9.80 Å². The van der Waals surface area contributed by atoms with Gasteiger partial charge in [0.2, 0.25) is 5.28 Å². The highest BCUT2D eigenvalue weighted by molar-refractivity contribution is 6.28. The Labute approximate surface area is 158 Å². The summed E-state index contributed by atoms with van der Waals surface area (Å²) in [4.78, 5) is 27.3. The van der Waals surface area contributed by atoms with E-state index in [1.54, 1.807) is 6.20 Å². The van der Waals surface area contributed by atoms with E-state index in [1.165, 1.54) is 5.56 Å². The normalized spacial score (nSPS) is 22.7. The Morgan fingerprint density at radius 3 is 2.65 bits per heavy atom. The molecule has 2 aliphatic rings. The lowest BCUT2D eigenvalue weighted by atomic mass is 10.1. The number of benzene rings is 1. The van der Waals surface area contributed by atoms with Gasteiger partial charge in [-0.15, -0.1) is 0 Å². The first-order chi connectivity index (χ1) is 12.6. The van der Waals surface area contributed by atoms with Gasteiger partial charge >= 0.3 is 6.03 Å². The number of anilines is 2. The molecule has 0 spiro atoms. The average molecular weight is 372 g/mol. The zero-order valence-electron chi connectivity index (χ0n) is 15.0. The van der Waals surface area contributed by atoms with Crippen molar-refractivity contribution in [3.63, 3.8) is 0 Å². The summed E-state index contributed by atoms with van der Waals surface area (Å²) in [7, 11) is 0. The second-order valence-electron chi connectivity index (χ2n) is 6.80. The Morgan fingerprint density at radius 1 is 1.19 bits per heavy atom. The van der Waals surface area contributed by atoms with Gasteiger partial charge in [0.1, 0.15) is 5.82 Å². The topological polar surface area (TPSA) is 52.6 Å². The highest BCUT2D eigenvalue weighted by Gasteiger charge is 2.46. The molecule has 0 saturated carbocycles. The molecule has 0 aliphatic carbocycles. The number of rotatable bonds is 3. The standard InChI is InChI=1S/C19H22ClN5O/c1-3-14-4-6-15(7-5-14)25-13(2)16-12-23(10-11-24(16)19(25)26)17-8-9-21-18(20)22-17/h4-9,13,16H,3,10-12H2,1-2H3. The van der Waals surface area contributed by atoms with Gasteiger partial charge < -0.3 is 9.80 Å². The van der Waals surface area contributed by atoms with Crippen LogP contribution in [0.1, 0.15) is 19.4 Å². The fraction of sp³-hybridized carbons (Fsp3) is 0.421. The molecule has 6 nitrogen and oxygen atoms in total. The fourth-order valence-corrected chi connectivity index (χ4v) is 4.04. The predicted octanol–water partition coefficient (Wildman–Crippen LogP) is 3.21. The lowest BCUT2D eigenvalue weighted by molar-refractivity contribution is 0.195. The van der Waals surface area contributed by atoms with Crippen LogP contribution >= 0.6 is 11.6 Å². The molecular weight excluding hydrogens is 350 g/mol. The summed E-state index contributed by atoms with van der Waals surface area (Å²) in [6, 6.07) is 10.5. The van der Waals surface area contributed by atoms with Crippen LogP contribution in [-0.2, 0) is 6.42 Å². The maximum atomic E-state index is 13.0. The van der Waals surface area contributed by atoms with Gasteiger partial charge in [0.05, 0.1) is 12.1 Å². The lowest BCUT2D eigenvalue weighted by Gasteiger charge is -2.38. The van der Waals surface area contributed by atoms with Crippen molar-refractivity contribution in [1.82, 2.24) is 14.9 Å². The van der Waals surface area contributed by atoms with Crippen LogP contribution in [0.3, 0.4) is 0 Å². The first-order valence-corrected chi connectivity index (χ1v) is 9.38. The third kappa shape index (κ3) is 2.88. The summed E-state index contributed by atoms with van der Waals surface area (Å²) in [6.07, 6.45) is 2.66. The molecule has 2 amide bonds. The van der Waals surface area contributed by atoms with Crippen LogP contribution in [0, 0.1) is 0 Å². The van der Waals surface area contributed by atoms with E-state index in [2.05, 4.69) is 40.8 Å². The van der Waals surface area contributed by atoms with Crippen LogP contribution in [0.25, 0.3) is 0 Å². The Morgan fingerprint density at radius 2 is 1.96 bits per heavy atom. The summed E-state index contributed by atoms with van der Waals surface area (Å²) in [5.74, 6) is 0.815. The van der Waals surface area contributed by atoms with E-state index in [0.29, 0.717) is 6.54 Å². The number of hydrogen-bond donors (Lipinski definition) is 0. The highest BCUT2D eigenvalue weighted by atomic mass is 35.5. The summed E-state index contributed by atoms with van der Waals surface area (Å²) >= 11 is 5.93. The highest BCUT2D eigenvalue weighted by Crippen LogP contribution is 2.32. The predicted molar refractivity (Wildman–Crippen MR) is 103 cm³/mol. The van der Waals surface area contributed by atoms with Gasteiger partial charge in [-0.2, -0.15) is 0 Å². The SMILES string of the molecule is CCc1ccc(N2C(=O)N3CCN(c4ccnc(Cl)n4)CC3C2C)cc1. The average Bonchev–Trinajstić information content (AvgIpc) is 2.92. The van der Waals surface area contributed by atoms with Gasteiger partial charge in [0.25, 0.3) is 0 Å². The monoisotopic (exact) mass is 371 g/mol. The molecule has 2 saturated heterocycles. The number of carbonyl (C=O) groups is 1. The van der Waals surface area contributed by atoms with Crippen LogP contribution in [0.2, 0.25) is 5.28 Å². The number of hydrogen-bond acceptors (Lipinski definition) is 4. The molecule has 0 bridgehead atoms. The molecule has 1 aromatic heterocycles. The van der Waals surface area contributed by atoms with E-state index < -0.39 is 0 Å². The molecule has 0 radical (unpaired) electrons. The maximum Gasteiger partial charge on any atom is 0.325 e. The van der Waals surface area contributed by atoms with Gasteiger partial charge in [-0.05, 0) is 48.7 Å². The Hall–Kier alpha value is -2.34. The van der Waals surface area contributed by atoms with E-state index in [0.717, 1.165) is 31.0 Å². The van der Waals surface area contributed by atoms with Crippen molar-refractivity contribution >= 4 is 29.1 Å². The molecule has 0 N–H and O–H groups in total. The number of piperazine rings is 1. The van der Waals surface area contributed by atoms with Gasteiger partial charge in [0.15, 0.2) is 0 Å². The molecule has 26 heavy (non-hydrogen) atoms. The van der Waals surface area contributed by atoms with Crippen molar-refractivity contribution in [2.24, 2.45) is 0 Å². The first-order valence-electron chi connectivity index (χ1n) is 9.00. The zero-order chi connectivity index (χ0) is 18.3. The quantitative estimate of drug-likeness (QED) is 0.777.